The third-order valence-corrected chi connectivity index (χ3v) is 7.03. The first-order valence-corrected chi connectivity index (χ1v) is 13.7. The number of likely N-dealkylation sites (N-methyl/N-ethyl adjacent to an activating group) is 1. The second-order valence-electron chi connectivity index (χ2n) is 9.76. The Balaban J connectivity index is 1.64. The van der Waals surface area contributed by atoms with E-state index in [4.69, 9.17) is 10.6 Å². The lowest BCUT2D eigenvalue weighted by molar-refractivity contribution is -0.132. The SMILES string of the molecule is CCN(CCNC(=O)C(C)OCc1ccccc1)/C(C)=C(\NC1CCCCC1)C(=O)N(N)c1ccccc1. The van der Waals surface area contributed by atoms with Gasteiger partial charge in [-0.25, -0.2) is 10.9 Å². The van der Waals surface area contributed by atoms with E-state index >= 15 is 0 Å². The van der Waals surface area contributed by atoms with Crippen molar-refractivity contribution in [3.8, 4) is 0 Å². The van der Waals surface area contributed by atoms with Crippen LogP contribution >= 0.6 is 0 Å². The van der Waals surface area contributed by atoms with Gasteiger partial charge in [-0.1, -0.05) is 67.8 Å². The molecule has 1 aliphatic carbocycles. The molecule has 1 unspecified atom stereocenters. The Hall–Kier alpha value is -3.36. The highest BCUT2D eigenvalue weighted by Gasteiger charge is 2.25. The summed E-state index contributed by atoms with van der Waals surface area (Å²) in [6.45, 7) is 7.78. The molecule has 2 amide bonds. The van der Waals surface area contributed by atoms with Crippen LogP contribution in [0.5, 0.6) is 0 Å². The molecule has 2 aromatic carbocycles. The topological polar surface area (TPSA) is 99.9 Å². The molecule has 1 saturated carbocycles. The number of carbonyl (C=O) groups excluding carboxylic acids is 2. The van der Waals surface area contributed by atoms with Crippen LogP contribution in [0.25, 0.3) is 0 Å². The van der Waals surface area contributed by atoms with Crippen molar-refractivity contribution >= 4 is 17.5 Å². The highest BCUT2D eigenvalue weighted by Crippen LogP contribution is 2.21. The van der Waals surface area contributed by atoms with Gasteiger partial charge in [0, 0.05) is 31.4 Å². The number of amides is 2. The molecule has 2 aromatic rings. The number of nitrogens with two attached hydrogens (primary N) is 1. The predicted molar refractivity (Wildman–Crippen MR) is 152 cm³/mol. The van der Waals surface area contributed by atoms with E-state index in [-0.39, 0.29) is 17.9 Å². The van der Waals surface area contributed by atoms with Gasteiger partial charge in [0.2, 0.25) is 5.91 Å². The van der Waals surface area contributed by atoms with E-state index in [0.717, 1.165) is 36.9 Å². The van der Waals surface area contributed by atoms with Gasteiger partial charge in [0.1, 0.15) is 11.8 Å². The van der Waals surface area contributed by atoms with Crippen LogP contribution in [0.15, 0.2) is 72.1 Å². The van der Waals surface area contributed by atoms with Crippen LogP contribution in [0.1, 0.15) is 58.4 Å². The fourth-order valence-electron chi connectivity index (χ4n) is 4.65. The summed E-state index contributed by atoms with van der Waals surface area (Å²) in [4.78, 5) is 28.3. The Morgan fingerprint density at radius 2 is 1.66 bits per heavy atom. The van der Waals surface area contributed by atoms with Gasteiger partial charge in [-0.15, -0.1) is 0 Å². The highest BCUT2D eigenvalue weighted by atomic mass is 16.5. The summed E-state index contributed by atoms with van der Waals surface area (Å²) < 4.78 is 5.73. The molecule has 38 heavy (non-hydrogen) atoms. The zero-order chi connectivity index (χ0) is 27.3. The highest BCUT2D eigenvalue weighted by molar-refractivity contribution is 6.04. The summed E-state index contributed by atoms with van der Waals surface area (Å²) in [5, 5.41) is 7.70. The molecule has 0 saturated heterocycles. The fourth-order valence-corrected chi connectivity index (χ4v) is 4.65. The predicted octanol–water partition coefficient (Wildman–Crippen LogP) is 4.09. The molecular weight excluding hydrogens is 478 g/mol. The number of benzene rings is 2. The molecule has 4 N–H and O–H groups in total. The number of allylic oxidation sites excluding steroid dienone is 1. The maximum absolute atomic E-state index is 13.6. The molecule has 1 fully saturated rings. The summed E-state index contributed by atoms with van der Waals surface area (Å²) in [5.74, 6) is 5.85. The number of hydrogen-bond donors (Lipinski definition) is 3. The summed E-state index contributed by atoms with van der Waals surface area (Å²) in [6.07, 6.45) is 5.02. The van der Waals surface area contributed by atoms with Gasteiger partial charge >= 0.3 is 0 Å². The first kappa shape index (κ1) is 29.2. The van der Waals surface area contributed by atoms with Crippen molar-refractivity contribution in [2.75, 3.05) is 24.6 Å². The van der Waals surface area contributed by atoms with Gasteiger partial charge in [0.15, 0.2) is 0 Å². The number of hydrazine groups is 1. The van der Waals surface area contributed by atoms with Crippen LogP contribution in [0.4, 0.5) is 5.69 Å². The van der Waals surface area contributed by atoms with E-state index in [1.165, 1.54) is 11.4 Å². The van der Waals surface area contributed by atoms with Crippen LogP contribution in [0.2, 0.25) is 0 Å². The van der Waals surface area contributed by atoms with Crippen molar-refractivity contribution in [3.05, 3.63) is 77.6 Å². The second-order valence-corrected chi connectivity index (χ2v) is 9.76. The van der Waals surface area contributed by atoms with Crippen molar-refractivity contribution < 1.29 is 14.3 Å². The summed E-state index contributed by atoms with van der Waals surface area (Å²) in [5.41, 5.74) is 2.98. The van der Waals surface area contributed by atoms with E-state index < -0.39 is 6.10 Å². The molecule has 206 valence electrons. The molecule has 0 aromatic heterocycles. The maximum Gasteiger partial charge on any atom is 0.290 e. The average molecular weight is 522 g/mol. The number of hydrogen-bond acceptors (Lipinski definition) is 6. The fraction of sp³-hybridized carbons (Fsp3) is 0.467. The number of carbonyl (C=O) groups is 2. The van der Waals surface area contributed by atoms with E-state index in [2.05, 4.69) is 15.5 Å². The number of anilines is 1. The lowest BCUT2D eigenvalue weighted by atomic mass is 9.95. The summed E-state index contributed by atoms with van der Waals surface area (Å²) in [6, 6.07) is 19.3. The maximum atomic E-state index is 13.6. The van der Waals surface area contributed by atoms with E-state index in [0.29, 0.717) is 37.6 Å². The standard InChI is InChI=1S/C30H43N5O3/c1-4-34(21-20-32-29(36)24(3)38-22-25-14-8-5-9-15-25)23(2)28(33-26-16-10-6-11-17-26)30(37)35(31)27-18-12-7-13-19-27/h5,7-9,12-15,18-19,24,26,33H,4,6,10-11,16-17,20-22,31H2,1-3H3,(H,32,36)/b28-23-. The molecule has 0 bridgehead atoms. The molecule has 1 aliphatic rings. The quantitative estimate of drug-likeness (QED) is 0.159. The normalized spacial score (nSPS) is 15.3. The lowest BCUT2D eigenvalue weighted by Gasteiger charge is -2.31. The van der Waals surface area contributed by atoms with Crippen molar-refractivity contribution in [1.29, 1.82) is 0 Å². The lowest BCUT2D eigenvalue weighted by Crippen LogP contribution is -2.46. The Morgan fingerprint density at radius 1 is 1.03 bits per heavy atom. The van der Waals surface area contributed by atoms with Crippen molar-refractivity contribution in [2.24, 2.45) is 5.84 Å². The van der Waals surface area contributed by atoms with Crippen LogP contribution in [0.3, 0.4) is 0 Å². The van der Waals surface area contributed by atoms with Crippen LogP contribution < -0.4 is 21.5 Å². The minimum atomic E-state index is -0.566. The number of ether oxygens (including phenoxy) is 1. The van der Waals surface area contributed by atoms with Crippen molar-refractivity contribution in [2.45, 2.75) is 71.6 Å². The Kier molecular flexibility index (Phi) is 11.6. The summed E-state index contributed by atoms with van der Waals surface area (Å²) >= 11 is 0. The molecule has 3 rings (SSSR count). The zero-order valence-corrected chi connectivity index (χ0v) is 23.0. The largest absolute Gasteiger partial charge is 0.376 e. The number of rotatable bonds is 13. The van der Waals surface area contributed by atoms with Gasteiger partial charge in [-0.05, 0) is 51.3 Å². The molecule has 0 aliphatic heterocycles. The minimum absolute atomic E-state index is 0.160. The first-order valence-electron chi connectivity index (χ1n) is 13.7. The third-order valence-electron chi connectivity index (χ3n) is 7.03. The third kappa shape index (κ3) is 8.60. The number of nitrogens with one attached hydrogen (secondary N) is 2. The van der Waals surface area contributed by atoms with Gasteiger partial charge in [0.25, 0.3) is 5.91 Å². The smallest absolute Gasteiger partial charge is 0.290 e. The van der Waals surface area contributed by atoms with E-state index in [1.54, 1.807) is 6.92 Å². The molecule has 8 heteroatoms. The minimum Gasteiger partial charge on any atom is -0.376 e. The number of nitrogens with zero attached hydrogens (tertiary/aromatic N) is 2. The Bertz CT molecular complexity index is 1040. The van der Waals surface area contributed by atoms with Crippen LogP contribution in [-0.4, -0.2) is 48.5 Å². The van der Waals surface area contributed by atoms with E-state index in [9.17, 15) is 9.59 Å². The van der Waals surface area contributed by atoms with Crippen LogP contribution in [-0.2, 0) is 20.9 Å². The molecule has 0 spiro atoms. The molecule has 8 nitrogen and oxygen atoms in total. The van der Waals surface area contributed by atoms with Gasteiger partial charge in [-0.2, -0.15) is 0 Å². The molecule has 0 heterocycles. The average Bonchev–Trinajstić information content (AvgIpc) is 2.97. The van der Waals surface area contributed by atoms with Gasteiger partial charge in [0.05, 0.1) is 12.3 Å². The van der Waals surface area contributed by atoms with Gasteiger partial charge in [-0.3, -0.25) is 9.59 Å². The second kappa shape index (κ2) is 15.1. The molecular formula is C30H43N5O3. The number of para-hydroxylation sites is 1. The molecule has 1 atom stereocenters. The Labute approximate surface area is 227 Å². The zero-order valence-electron chi connectivity index (χ0n) is 23.0. The van der Waals surface area contributed by atoms with Gasteiger partial charge < -0.3 is 20.3 Å². The monoisotopic (exact) mass is 521 g/mol. The van der Waals surface area contributed by atoms with E-state index in [1.807, 2.05) is 74.5 Å². The summed E-state index contributed by atoms with van der Waals surface area (Å²) in [7, 11) is 0. The Morgan fingerprint density at radius 3 is 2.29 bits per heavy atom. The van der Waals surface area contributed by atoms with Crippen molar-refractivity contribution in [3.63, 3.8) is 0 Å². The van der Waals surface area contributed by atoms with Crippen molar-refractivity contribution in [1.82, 2.24) is 15.5 Å². The van der Waals surface area contributed by atoms with Crippen LogP contribution in [0, 0.1) is 0 Å². The molecule has 0 radical (unpaired) electrons. The first-order chi connectivity index (χ1) is 18.4.